The number of rotatable bonds is 5. The van der Waals surface area contributed by atoms with Crippen molar-refractivity contribution in [2.45, 2.75) is 33.2 Å². The fourth-order valence-electron chi connectivity index (χ4n) is 2.59. The zero-order valence-corrected chi connectivity index (χ0v) is 12.4. The molecule has 1 atom stereocenters. The van der Waals surface area contributed by atoms with E-state index >= 15 is 0 Å². The molecule has 6 nitrogen and oxygen atoms in total. The Morgan fingerprint density at radius 3 is 2.11 bits per heavy atom. The largest absolute Gasteiger partial charge is 0.386 e. The highest BCUT2D eigenvalue weighted by atomic mass is 16.2. The van der Waals surface area contributed by atoms with Crippen molar-refractivity contribution in [3.8, 4) is 0 Å². The van der Waals surface area contributed by atoms with Crippen LogP contribution in [0.3, 0.4) is 0 Å². The second-order valence-electron chi connectivity index (χ2n) is 4.86. The normalized spacial score (nSPS) is 18.2. The average Bonchev–Trinajstić information content (AvgIpc) is 2.41. The zero-order valence-electron chi connectivity index (χ0n) is 12.4. The third-order valence-corrected chi connectivity index (χ3v) is 3.81. The highest BCUT2D eigenvalue weighted by Gasteiger charge is 2.27. The van der Waals surface area contributed by atoms with Crippen LogP contribution in [0.25, 0.3) is 0 Å². The highest BCUT2D eigenvalue weighted by Crippen LogP contribution is 2.11. The third kappa shape index (κ3) is 3.83. The minimum Gasteiger partial charge on any atom is -0.386 e. The summed E-state index contributed by atoms with van der Waals surface area (Å²) in [5, 5.41) is 7.60. The monoisotopic (exact) mass is 269 g/mol. The predicted octanol–water partition coefficient (Wildman–Crippen LogP) is 0.780. The molecule has 1 saturated heterocycles. The minimum atomic E-state index is 0.0192. The van der Waals surface area contributed by atoms with Gasteiger partial charge in [0.05, 0.1) is 6.04 Å². The van der Waals surface area contributed by atoms with Crippen LogP contribution in [-0.2, 0) is 0 Å². The van der Waals surface area contributed by atoms with E-state index in [9.17, 15) is 4.79 Å². The Balaban J connectivity index is 2.53. The molecular formula is C13H27N5O. The molecule has 0 bridgehead atoms. The first-order valence-electron chi connectivity index (χ1n) is 7.16. The van der Waals surface area contributed by atoms with Crippen molar-refractivity contribution in [1.29, 1.82) is 5.41 Å². The molecule has 6 heteroatoms. The lowest BCUT2D eigenvalue weighted by Crippen LogP contribution is -2.57. The van der Waals surface area contributed by atoms with Gasteiger partial charge in [-0.25, -0.2) is 4.79 Å². The number of carbonyl (C=O) groups is 1. The molecule has 1 rings (SSSR count). The first-order chi connectivity index (χ1) is 9.04. The molecule has 3 N–H and O–H groups in total. The number of nitrogens with zero attached hydrogens (tertiary/aromatic N) is 3. The Labute approximate surface area is 116 Å². The van der Waals surface area contributed by atoms with Crippen LogP contribution in [0, 0.1) is 5.41 Å². The highest BCUT2D eigenvalue weighted by molar-refractivity contribution is 5.82. The number of amides is 2. The van der Waals surface area contributed by atoms with Gasteiger partial charge in [0.25, 0.3) is 0 Å². The lowest BCUT2D eigenvalue weighted by molar-refractivity contribution is 0.105. The van der Waals surface area contributed by atoms with E-state index in [2.05, 4.69) is 4.90 Å². The van der Waals surface area contributed by atoms with Crippen molar-refractivity contribution in [2.75, 3.05) is 39.3 Å². The van der Waals surface area contributed by atoms with Gasteiger partial charge in [-0.1, -0.05) is 6.92 Å². The summed E-state index contributed by atoms with van der Waals surface area (Å²) in [5.74, 6) is 0.228. The molecular weight excluding hydrogens is 242 g/mol. The van der Waals surface area contributed by atoms with Crippen LogP contribution in [-0.4, -0.2) is 71.9 Å². The van der Waals surface area contributed by atoms with Crippen molar-refractivity contribution in [3.63, 3.8) is 0 Å². The second-order valence-corrected chi connectivity index (χ2v) is 4.86. The molecule has 110 valence electrons. The molecule has 0 aromatic carbocycles. The molecule has 1 aliphatic heterocycles. The molecule has 1 unspecified atom stereocenters. The van der Waals surface area contributed by atoms with Crippen LogP contribution in [0.2, 0.25) is 0 Å². The lowest BCUT2D eigenvalue weighted by atomic mass is 10.1. The summed E-state index contributed by atoms with van der Waals surface area (Å²) >= 11 is 0. The van der Waals surface area contributed by atoms with Gasteiger partial charge in [-0.3, -0.25) is 10.3 Å². The summed E-state index contributed by atoms with van der Waals surface area (Å²) in [5.41, 5.74) is 5.62. The molecule has 19 heavy (non-hydrogen) atoms. The number of hydrogen-bond acceptors (Lipinski definition) is 3. The lowest BCUT2D eigenvalue weighted by Gasteiger charge is -2.40. The molecule has 1 aliphatic rings. The molecule has 0 saturated carbocycles. The van der Waals surface area contributed by atoms with Gasteiger partial charge >= 0.3 is 6.03 Å². The summed E-state index contributed by atoms with van der Waals surface area (Å²) in [4.78, 5) is 18.2. The van der Waals surface area contributed by atoms with E-state index in [-0.39, 0.29) is 17.9 Å². The maximum absolute atomic E-state index is 12.2. The van der Waals surface area contributed by atoms with Crippen molar-refractivity contribution in [2.24, 2.45) is 5.73 Å². The first-order valence-corrected chi connectivity index (χ1v) is 7.16. The van der Waals surface area contributed by atoms with E-state index in [1.165, 1.54) is 0 Å². The van der Waals surface area contributed by atoms with Crippen LogP contribution in [0.4, 0.5) is 4.79 Å². The van der Waals surface area contributed by atoms with Crippen molar-refractivity contribution < 1.29 is 4.79 Å². The second kappa shape index (κ2) is 7.33. The SMILES string of the molecule is CCC(C(=N)N)N1CCN(C(=O)N(CC)CC)CC1. The first kappa shape index (κ1) is 15.8. The maximum Gasteiger partial charge on any atom is 0.320 e. The standard InChI is InChI=1S/C13H27N5O/c1-4-11(12(14)15)17-7-9-18(10-8-17)13(19)16(5-2)6-3/h11H,4-10H2,1-3H3,(H3,14,15). The zero-order chi connectivity index (χ0) is 14.4. The van der Waals surface area contributed by atoms with Gasteiger partial charge in [0.1, 0.15) is 5.84 Å². The minimum absolute atomic E-state index is 0.0192. The summed E-state index contributed by atoms with van der Waals surface area (Å²) in [7, 11) is 0. The molecule has 2 amide bonds. The van der Waals surface area contributed by atoms with Crippen LogP contribution < -0.4 is 5.73 Å². The molecule has 0 aromatic heterocycles. The number of nitrogens with one attached hydrogen (secondary N) is 1. The molecule has 1 heterocycles. The van der Waals surface area contributed by atoms with Gasteiger partial charge < -0.3 is 15.5 Å². The number of hydrogen-bond donors (Lipinski definition) is 2. The Morgan fingerprint density at radius 2 is 1.74 bits per heavy atom. The fraction of sp³-hybridized carbons (Fsp3) is 0.846. The number of carbonyl (C=O) groups excluding carboxylic acids is 1. The van der Waals surface area contributed by atoms with Crippen LogP contribution >= 0.6 is 0 Å². The molecule has 0 aromatic rings. The smallest absolute Gasteiger partial charge is 0.320 e. The van der Waals surface area contributed by atoms with Crippen molar-refractivity contribution in [1.82, 2.24) is 14.7 Å². The average molecular weight is 269 g/mol. The van der Waals surface area contributed by atoms with Crippen LogP contribution in [0.5, 0.6) is 0 Å². The predicted molar refractivity (Wildman–Crippen MR) is 77.5 cm³/mol. The van der Waals surface area contributed by atoms with Crippen LogP contribution in [0.1, 0.15) is 27.2 Å². The van der Waals surface area contributed by atoms with Gasteiger partial charge in [0.15, 0.2) is 0 Å². The van der Waals surface area contributed by atoms with E-state index in [1.807, 2.05) is 30.6 Å². The van der Waals surface area contributed by atoms with E-state index in [1.54, 1.807) is 0 Å². The fourth-order valence-corrected chi connectivity index (χ4v) is 2.59. The number of urea groups is 1. The third-order valence-electron chi connectivity index (χ3n) is 3.81. The molecule has 0 aliphatic carbocycles. The summed E-state index contributed by atoms with van der Waals surface area (Å²) in [6.07, 6.45) is 0.847. The van der Waals surface area contributed by atoms with E-state index in [0.29, 0.717) is 0 Å². The number of nitrogens with two attached hydrogens (primary N) is 1. The molecule has 0 radical (unpaired) electrons. The van der Waals surface area contributed by atoms with Gasteiger partial charge in [0, 0.05) is 39.3 Å². The van der Waals surface area contributed by atoms with Crippen molar-refractivity contribution in [3.05, 3.63) is 0 Å². The summed E-state index contributed by atoms with van der Waals surface area (Å²) < 4.78 is 0. The van der Waals surface area contributed by atoms with E-state index in [4.69, 9.17) is 11.1 Å². The summed E-state index contributed by atoms with van der Waals surface area (Å²) in [6.45, 7) is 10.6. The van der Waals surface area contributed by atoms with Gasteiger partial charge in [0.2, 0.25) is 0 Å². The van der Waals surface area contributed by atoms with Crippen LogP contribution in [0.15, 0.2) is 0 Å². The van der Waals surface area contributed by atoms with E-state index < -0.39 is 0 Å². The van der Waals surface area contributed by atoms with Crippen molar-refractivity contribution >= 4 is 11.9 Å². The quantitative estimate of drug-likeness (QED) is 0.572. The Kier molecular flexibility index (Phi) is 6.08. The Hall–Kier alpha value is -1.30. The van der Waals surface area contributed by atoms with Gasteiger partial charge in [-0.2, -0.15) is 0 Å². The van der Waals surface area contributed by atoms with Gasteiger partial charge in [-0.15, -0.1) is 0 Å². The van der Waals surface area contributed by atoms with Gasteiger partial charge in [-0.05, 0) is 20.3 Å². The number of piperazine rings is 1. The Bertz CT molecular complexity index is 308. The Morgan fingerprint density at radius 1 is 1.21 bits per heavy atom. The molecule has 0 spiro atoms. The summed E-state index contributed by atoms with van der Waals surface area (Å²) in [6, 6.07) is 0.145. The maximum atomic E-state index is 12.2. The topological polar surface area (TPSA) is 76.7 Å². The van der Waals surface area contributed by atoms with E-state index in [0.717, 1.165) is 45.7 Å². The molecule has 1 fully saturated rings. The number of amidine groups is 1.